The molecule has 0 aliphatic rings. The first-order chi connectivity index (χ1) is 16.9. The molecule has 2 heterocycles. The van der Waals surface area contributed by atoms with Gasteiger partial charge in [0.15, 0.2) is 12.3 Å². The van der Waals surface area contributed by atoms with Crippen LogP contribution in [-0.4, -0.2) is 46.3 Å². The first kappa shape index (κ1) is 23.6. The zero-order valence-corrected chi connectivity index (χ0v) is 19.5. The Kier molecular flexibility index (Phi) is 6.86. The molecule has 0 aliphatic heterocycles. The molecule has 4 rings (SSSR count). The summed E-state index contributed by atoms with van der Waals surface area (Å²) in [6.07, 6.45) is 1.55. The van der Waals surface area contributed by atoms with Gasteiger partial charge >= 0.3 is 5.97 Å². The average Bonchev–Trinajstić information content (AvgIpc) is 3.31. The van der Waals surface area contributed by atoms with Crippen LogP contribution in [0.3, 0.4) is 0 Å². The van der Waals surface area contributed by atoms with Crippen LogP contribution in [-0.2, 0) is 9.53 Å². The van der Waals surface area contributed by atoms with Crippen molar-refractivity contribution in [1.82, 2.24) is 20.1 Å². The second kappa shape index (κ2) is 10.2. The van der Waals surface area contributed by atoms with E-state index in [2.05, 4.69) is 10.4 Å². The monoisotopic (exact) mass is 472 g/mol. The van der Waals surface area contributed by atoms with Gasteiger partial charge in [0.1, 0.15) is 5.75 Å². The Morgan fingerprint density at radius 1 is 1.00 bits per heavy atom. The van der Waals surface area contributed by atoms with Crippen LogP contribution in [0.25, 0.3) is 22.3 Å². The predicted molar refractivity (Wildman–Crippen MR) is 129 cm³/mol. The molecule has 9 heteroatoms. The minimum Gasteiger partial charge on any atom is -0.496 e. The smallest absolute Gasteiger partial charge is 0.339 e. The standard InChI is InChI=1S/C26H24N4O5/c1-16(2)30-24-20(14-27-30)19(13-21(28-24)17-9-5-4-6-10-17)26(33)35-15-23(31)29-25(32)18-11-7-8-12-22(18)34-3/h4-14,16H,15H2,1-3H3,(H,29,31,32). The van der Waals surface area contributed by atoms with E-state index in [1.54, 1.807) is 35.1 Å². The highest BCUT2D eigenvalue weighted by molar-refractivity contribution is 6.08. The highest BCUT2D eigenvalue weighted by atomic mass is 16.5. The molecule has 0 fully saturated rings. The van der Waals surface area contributed by atoms with Gasteiger partial charge in [-0.05, 0) is 32.0 Å². The number of nitrogens with one attached hydrogen (secondary N) is 1. The van der Waals surface area contributed by atoms with Gasteiger partial charge in [-0.15, -0.1) is 0 Å². The number of amides is 2. The maximum absolute atomic E-state index is 13.0. The molecule has 1 N–H and O–H groups in total. The SMILES string of the molecule is COc1ccccc1C(=O)NC(=O)COC(=O)c1cc(-c2ccccc2)nc2c1cnn2C(C)C. The summed E-state index contributed by atoms with van der Waals surface area (Å²) in [7, 11) is 1.43. The summed E-state index contributed by atoms with van der Waals surface area (Å²) in [5.74, 6) is -1.82. The molecule has 2 amide bonds. The Morgan fingerprint density at radius 3 is 2.43 bits per heavy atom. The Balaban J connectivity index is 1.55. The molecule has 9 nitrogen and oxygen atoms in total. The molecule has 35 heavy (non-hydrogen) atoms. The van der Waals surface area contributed by atoms with Crippen LogP contribution in [0.15, 0.2) is 66.9 Å². The van der Waals surface area contributed by atoms with E-state index < -0.39 is 24.4 Å². The van der Waals surface area contributed by atoms with Crippen LogP contribution >= 0.6 is 0 Å². The number of fused-ring (bicyclic) bond motifs is 1. The summed E-state index contributed by atoms with van der Waals surface area (Å²) in [4.78, 5) is 42.5. The minimum atomic E-state index is -0.763. The fourth-order valence-corrected chi connectivity index (χ4v) is 3.59. The average molecular weight is 473 g/mol. The number of carbonyl (C=O) groups excluding carboxylic acids is 3. The Bertz CT molecular complexity index is 1400. The minimum absolute atomic E-state index is 0.0154. The van der Waals surface area contributed by atoms with Gasteiger partial charge < -0.3 is 9.47 Å². The molecule has 178 valence electrons. The van der Waals surface area contributed by atoms with Crippen molar-refractivity contribution < 1.29 is 23.9 Å². The van der Waals surface area contributed by atoms with Crippen LogP contribution in [0, 0.1) is 0 Å². The summed E-state index contributed by atoms with van der Waals surface area (Å²) in [6.45, 7) is 3.29. The molecular formula is C26H24N4O5. The van der Waals surface area contributed by atoms with Gasteiger partial charge in [-0.2, -0.15) is 5.10 Å². The highest BCUT2D eigenvalue weighted by Crippen LogP contribution is 2.27. The number of pyridine rings is 1. The van der Waals surface area contributed by atoms with Gasteiger partial charge in [-0.3, -0.25) is 14.9 Å². The summed E-state index contributed by atoms with van der Waals surface area (Å²) in [5, 5.41) is 7.08. The summed E-state index contributed by atoms with van der Waals surface area (Å²) >= 11 is 0. The van der Waals surface area contributed by atoms with Crippen LogP contribution in [0.5, 0.6) is 5.75 Å². The Morgan fingerprint density at radius 2 is 1.71 bits per heavy atom. The first-order valence-corrected chi connectivity index (χ1v) is 11.0. The zero-order chi connectivity index (χ0) is 24.9. The molecular weight excluding hydrogens is 448 g/mol. The number of aromatic nitrogens is 3. The van der Waals surface area contributed by atoms with Crippen molar-refractivity contribution in [3.8, 4) is 17.0 Å². The van der Waals surface area contributed by atoms with E-state index in [0.717, 1.165) is 5.56 Å². The maximum Gasteiger partial charge on any atom is 0.339 e. The van der Waals surface area contributed by atoms with E-state index in [1.165, 1.54) is 13.2 Å². The van der Waals surface area contributed by atoms with E-state index in [-0.39, 0.29) is 17.2 Å². The summed E-state index contributed by atoms with van der Waals surface area (Å²) < 4.78 is 12.1. The molecule has 0 radical (unpaired) electrons. The van der Waals surface area contributed by atoms with E-state index in [0.29, 0.717) is 22.5 Å². The lowest BCUT2D eigenvalue weighted by molar-refractivity contribution is -0.123. The summed E-state index contributed by atoms with van der Waals surface area (Å²) in [5.41, 5.74) is 2.34. The van der Waals surface area contributed by atoms with Crippen LogP contribution in [0.1, 0.15) is 40.6 Å². The third-order valence-electron chi connectivity index (χ3n) is 5.28. The number of methoxy groups -OCH3 is 1. The quantitative estimate of drug-likeness (QED) is 0.407. The van der Waals surface area contributed by atoms with Gasteiger partial charge in [0.2, 0.25) is 0 Å². The van der Waals surface area contributed by atoms with Crippen molar-refractivity contribution in [3.63, 3.8) is 0 Å². The molecule has 0 saturated heterocycles. The highest BCUT2D eigenvalue weighted by Gasteiger charge is 2.21. The van der Waals surface area contributed by atoms with Gasteiger partial charge in [-0.1, -0.05) is 42.5 Å². The van der Waals surface area contributed by atoms with Crippen molar-refractivity contribution >= 4 is 28.8 Å². The predicted octanol–water partition coefficient (Wildman–Crippen LogP) is 3.80. The van der Waals surface area contributed by atoms with Crippen molar-refractivity contribution in [3.05, 3.63) is 78.0 Å². The number of esters is 1. The van der Waals surface area contributed by atoms with Crippen LogP contribution < -0.4 is 10.1 Å². The second-order valence-corrected chi connectivity index (χ2v) is 7.99. The lowest BCUT2D eigenvalue weighted by Gasteiger charge is -2.11. The van der Waals surface area contributed by atoms with Crippen molar-refractivity contribution in [1.29, 1.82) is 0 Å². The molecule has 0 saturated carbocycles. The molecule has 2 aromatic carbocycles. The third kappa shape index (κ3) is 5.03. The van der Waals surface area contributed by atoms with E-state index in [9.17, 15) is 14.4 Å². The second-order valence-electron chi connectivity index (χ2n) is 7.99. The topological polar surface area (TPSA) is 112 Å². The van der Waals surface area contributed by atoms with Crippen molar-refractivity contribution in [2.24, 2.45) is 0 Å². The number of benzene rings is 2. The Labute approximate surface area is 201 Å². The molecule has 0 unspecified atom stereocenters. The maximum atomic E-state index is 13.0. The molecule has 2 aromatic heterocycles. The number of rotatable bonds is 7. The van der Waals surface area contributed by atoms with Crippen molar-refractivity contribution in [2.45, 2.75) is 19.9 Å². The normalized spacial score (nSPS) is 10.9. The molecule has 0 spiro atoms. The number of para-hydroxylation sites is 1. The number of hydrogen-bond donors (Lipinski definition) is 1. The fourth-order valence-electron chi connectivity index (χ4n) is 3.59. The number of imide groups is 1. The summed E-state index contributed by atoms with van der Waals surface area (Å²) in [6, 6.07) is 17.5. The zero-order valence-electron chi connectivity index (χ0n) is 19.5. The number of hydrogen-bond acceptors (Lipinski definition) is 7. The molecule has 0 aliphatic carbocycles. The number of nitrogens with zero attached hydrogens (tertiary/aromatic N) is 3. The largest absolute Gasteiger partial charge is 0.496 e. The van der Waals surface area contributed by atoms with Crippen molar-refractivity contribution in [2.75, 3.05) is 13.7 Å². The molecule has 4 aromatic rings. The Hall–Kier alpha value is -4.53. The lowest BCUT2D eigenvalue weighted by Crippen LogP contribution is -2.34. The number of carbonyl (C=O) groups is 3. The lowest BCUT2D eigenvalue weighted by atomic mass is 10.1. The molecule has 0 bridgehead atoms. The van der Waals surface area contributed by atoms with E-state index in [1.807, 2.05) is 44.2 Å². The van der Waals surface area contributed by atoms with Crippen LogP contribution in [0.4, 0.5) is 0 Å². The van der Waals surface area contributed by atoms with Gasteiger partial charge in [0, 0.05) is 11.6 Å². The molecule has 0 atom stereocenters. The fraction of sp³-hybridized carbons (Fsp3) is 0.192. The van der Waals surface area contributed by atoms with Gasteiger partial charge in [0.05, 0.1) is 35.5 Å². The number of ether oxygens (including phenoxy) is 2. The van der Waals surface area contributed by atoms with E-state index in [4.69, 9.17) is 14.5 Å². The van der Waals surface area contributed by atoms with Gasteiger partial charge in [0.25, 0.3) is 11.8 Å². The third-order valence-corrected chi connectivity index (χ3v) is 5.28. The first-order valence-electron chi connectivity index (χ1n) is 11.0. The van der Waals surface area contributed by atoms with Gasteiger partial charge in [-0.25, -0.2) is 14.5 Å². The van der Waals surface area contributed by atoms with Crippen LogP contribution in [0.2, 0.25) is 0 Å². The van der Waals surface area contributed by atoms with E-state index >= 15 is 0 Å².